The van der Waals surface area contributed by atoms with Gasteiger partial charge in [-0.3, -0.25) is 4.79 Å². The van der Waals surface area contributed by atoms with Gasteiger partial charge >= 0.3 is 0 Å². The van der Waals surface area contributed by atoms with Crippen LogP contribution in [0.1, 0.15) is 39.5 Å². The van der Waals surface area contributed by atoms with Crippen LogP contribution in [0.25, 0.3) is 0 Å². The van der Waals surface area contributed by atoms with Gasteiger partial charge in [0.25, 0.3) is 0 Å². The summed E-state index contributed by atoms with van der Waals surface area (Å²) in [6.07, 6.45) is 4.90. The molecule has 0 aromatic rings. The zero-order valence-corrected chi connectivity index (χ0v) is 10.2. The molecule has 0 aliphatic rings. The Morgan fingerprint density at radius 1 is 1.31 bits per heavy atom. The predicted octanol–water partition coefficient (Wildman–Crippen LogP) is 2.71. The molecule has 0 bridgehead atoms. The summed E-state index contributed by atoms with van der Waals surface area (Å²) in [4.78, 5) is 10.8. The van der Waals surface area contributed by atoms with Crippen LogP contribution < -0.4 is 5.32 Å². The number of rotatable bonds is 7. The standard InChI is InChI=1S/C10H20BrNO/c1-9(2)6-4-3-5-7-12-10(13)8-11/h9H,3-8H2,1-2H3,(H,12,13). The second-order valence-corrected chi connectivity index (χ2v) is 4.29. The van der Waals surface area contributed by atoms with Crippen molar-refractivity contribution in [3.05, 3.63) is 0 Å². The quantitative estimate of drug-likeness (QED) is 0.546. The number of nitrogens with one attached hydrogen (secondary N) is 1. The lowest BCUT2D eigenvalue weighted by Gasteiger charge is -2.04. The van der Waals surface area contributed by atoms with E-state index in [9.17, 15) is 4.79 Å². The molecule has 0 saturated carbocycles. The highest BCUT2D eigenvalue weighted by Crippen LogP contribution is 2.07. The second-order valence-electron chi connectivity index (χ2n) is 3.73. The SMILES string of the molecule is CC(C)CCCCCNC(=O)CBr. The molecule has 1 amide bonds. The first-order valence-corrected chi connectivity index (χ1v) is 6.11. The molecule has 78 valence electrons. The lowest BCUT2D eigenvalue weighted by Crippen LogP contribution is -2.25. The molecule has 13 heavy (non-hydrogen) atoms. The van der Waals surface area contributed by atoms with Crippen LogP contribution in [-0.2, 0) is 4.79 Å². The first kappa shape index (κ1) is 12.9. The maximum absolute atomic E-state index is 10.8. The molecule has 2 nitrogen and oxygen atoms in total. The molecule has 1 N–H and O–H groups in total. The van der Waals surface area contributed by atoms with Crippen LogP contribution in [0.2, 0.25) is 0 Å². The Balaban J connectivity index is 3.04. The number of alkyl halides is 1. The van der Waals surface area contributed by atoms with E-state index in [4.69, 9.17) is 0 Å². The van der Waals surface area contributed by atoms with Crippen LogP contribution in [0.5, 0.6) is 0 Å². The normalized spacial score (nSPS) is 10.5. The summed E-state index contributed by atoms with van der Waals surface area (Å²) in [6, 6.07) is 0. The Morgan fingerprint density at radius 2 is 2.00 bits per heavy atom. The molecular formula is C10H20BrNO. The summed E-state index contributed by atoms with van der Waals surface area (Å²) in [5.74, 6) is 0.890. The lowest BCUT2D eigenvalue weighted by molar-refractivity contribution is -0.118. The Kier molecular flexibility index (Phi) is 8.51. The number of carbonyl (C=O) groups is 1. The van der Waals surface area contributed by atoms with Crippen LogP contribution in [-0.4, -0.2) is 17.8 Å². The fourth-order valence-electron chi connectivity index (χ4n) is 1.13. The van der Waals surface area contributed by atoms with Gasteiger partial charge in [0, 0.05) is 6.54 Å². The van der Waals surface area contributed by atoms with Crippen molar-refractivity contribution < 1.29 is 4.79 Å². The molecule has 3 heteroatoms. The van der Waals surface area contributed by atoms with Gasteiger partial charge in [-0.15, -0.1) is 0 Å². The smallest absolute Gasteiger partial charge is 0.230 e. The Morgan fingerprint density at radius 3 is 2.54 bits per heavy atom. The minimum absolute atomic E-state index is 0.0869. The Bertz CT molecular complexity index is 137. The predicted molar refractivity (Wildman–Crippen MR) is 60.1 cm³/mol. The van der Waals surface area contributed by atoms with E-state index < -0.39 is 0 Å². The number of halogens is 1. The number of hydrogen-bond donors (Lipinski definition) is 1. The van der Waals surface area contributed by atoms with Gasteiger partial charge in [-0.25, -0.2) is 0 Å². The molecule has 0 saturated heterocycles. The molecular weight excluding hydrogens is 230 g/mol. The van der Waals surface area contributed by atoms with Gasteiger partial charge in [0.2, 0.25) is 5.91 Å². The van der Waals surface area contributed by atoms with Crippen molar-refractivity contribution in [1.82, 2.24) is 5.32 Å². The molecule has 0 aliphatic heterocycles. The van der Waals surface area contributed by atoms with Crippen molar-refractivity contribution in [1.29, 1.82) is 0 Å². The van der Waals surface area contributed by atoms with Gasteiger partial charge in [0.15, 0.2) is 0 Å². The summed E-state index contributed by atoms with van der Waals surface area (Å²) >= 11 is 3.10. The lowest BCUT2D eigenvalue weighted by atomic mass is 10.1. The van der Waals surface area contributed by atoms with Gasteiger partial charge in [-0.1, -0.05) is 49.0 Å². The van der Waals surface area contributed by atoms with Crippen molar-refractivity contribution in [3.8, 4) is 0 Å². The van der Waals surface area contributed by atoms with Crippen LogP contribution in [0.3, 0.4) is 0 Å². The maximum Gasteiger partial charge on any atom is 0.230 e. The van der Waals surface area contributed by atoms with E-state index in [2.05, 4.69) is 35.1 Å². The largest absolute Gasteiger partial charge is 0.355 e. The summed E-state index contributed by atoms with van der Waals surface area (Å²) in [7, 11) is 0. The first-order chi connectivity index (χ1) is 6.16. The highest BCUT2D eigenvalue weighted by molar-refractivity contribution is 9.09. The highest BCUT2D eigenvalue weighted by atomic mass is 79.9. The number of amides is 1. The third-order valence-electron chi connectivity index (χ3n) is 1.90. The zero-order valence-electron chi connectivity index (χ0n) is 8.61. The topological polar surface area (TPSA) is 29.1 Å². The van der Waals surface area contributed by atoms with Gasteiger partial charge in [0.1, 0.15) is 0 Å². The fourth-order valence-corrected chi connectivity index (χ4v) is 1.33. The molecule has 0 atom stereocenters. The molecule has 0 unspecified atom stereocenters. The Hall–Kier alpha value is -0.0500. The molecule has 0 aromatic heterocycles. The average Bonchev–Trinajstić information content (AvgIpc) is 2.10. The second kappa shape index (κ2) is 8.54. The minimum Gasteiger partial charge on any atom is -0.355 e. The number of carbonyl (C=O) groups excluding carboxylic acids is 1. The molecule has 0 rings (SSSR count). The van der Waals surface area contributed by atoms with Gasteiger partial charge < -0.3 is 5.32 Å². The summed E-state index contributed by atoms with van der Waals surface area (Å²) in [6.45, 7) is 5.31. The van der Waals surface area contributed by atoms with Gasteiger partial charge in [-0.2, -0.15) is 0 Å². The highest BCUT2D eigenvalue weighted by Gasteiger charge is 1.97. The zero-order chi connectivity index (χ0) is 10.1. The summed E-state index contributed by atoms with van der Waals surface area (Å²) in [5.41, 5.74) is 0. The third-order valence-corrected chi connectivity index (χ3v) is 2.41. The maximum atomic E-state index is 10.8. The molecule has 0 radical (unpaired) electrons. The molecule has 0 fully saturated rings. The summed E-state index contributed by atoms with van der Waals surface area (Å²) < 4.78 is 0. The van der Waals surface area contributed by atoms with Crippen molar-refractivity contribution in [2.24, 2.45) is 5.92 Å². The first-order valence-electron chi connectivity index (χ1n) is 4.99. The summed E-state index contributed by atoms with van der Waals surface area (Å²) in [5, 5.41) is 3.25. The molecule has 0 aliphatic carbocycles. The Labute approximate surface area is 89.6 Å². The van der Waals surface area contributed by atoms with E-state index in [1.54, 1.807) is 0 Å². The fraction of sp³-hybridized carbons (Fsp3) is 0.900. The van der Waals surface area contributed by atoms with E-state index in [1.807, 2.05) is 0 Å². The van der Waals surface area contributed by atoms with Gasteiger partial charge in [-0.05, 0) is 12.3 Å². The molecule has 0 heterocycles. The van der Waals surface area contributed by atoms with Crippen molar-refractivity contribution in [2.45, 2.75) is 39.5 Å². The molecule has 0 aromatic carbocycles. The van der Waals surface area contributed by atoms with Crippen LogP contribution in [0.4, 0.5) is 0 Å². The average molecular weight is 250 g/mol. The van der Waals surface area contributed by atoms with E-state index in [1.165, 1.54) is 19.3 Å². The van der Waals surface area contributed by atoms with Gasteiger partial charge in [0.05, 0.1) is 5.33 Å². The van der Waals surface area contributed by atoms with E-state index >= 15 is 0 Å². The number of hydrogen-bond acceptors (Lipinski definition) is 1. The monoisotopic (exact) mass is 249 g/mol. The molecule has 0 spiro atoms. The van der Waals surface area contributed by atoms with Crippen molar-refractivity contribution >= 4 is 21.8 Å². The van der Waals surface area contributed by atoms with E-state index in [-0.39, 0.29) is 5.91 Å². The van der Waals surface area contributed by atoms with E-state index in [0.29, 0.717) is 5.33 Å². The van der Waals surface area contributed by atoms with Crippen LogP contribution in [0, 0.1) is 5.92 Å². The van der Waals surface area contributed by atoms with Crippen molar-refractivity contribution in [2.75, 3.05) is 11.9 Å². The van der Waals surface area contributed by atoms with Crippen molar-refractivity contribution in [3.63, 3.8) is 0 Å². The van der Waals surface area contributed by atoms with E-state index in [0.717, 1.165) is 18.9 Å². The van der Waals surface area contributed by atoms with Crippen LogP contribution >= 0.6 is 15.9 Å². The number of unbranched alkanes of at least 4 members (excludes halogenated alkanes) is 2. The third kappa shape index (κ3) is 9.87. The minimum atomic E-state index is 0.0869. The van der Waals surface area contributed by atoms with Crippen LogP contribution in [0.15, 0.2) is 0 Å².